The largest absolute Gasteiger partial charge is 0.393 e. The van der Waals surface area contributed by atoms with E-state index in [-0.39, 0.29) is 24.3 Å². The fourth-order valence-corrected chi connectivity index (χ4v) is 2.44. The molecular weight excluding hydrogens is 248 g/mol. The van der Waals surface area contributed by atoms with E-state index in [2.05, 4.69) is 0 Å². The maximum absolute atomic E-state index is 12.3. The smallest absolute Gasteiger partial charge is 0.261 e. The van der Waals surface area contributed by atoms with Crippen molar-refractivity contribution < 1.29 is 9.59 Å². The molecule has 0 spiro atoms. The zero-order valence-corrected chi connectivity index (χ0v) is 10.9. The first-order valence-corrected chi connectivity index (χ1v) is 6.14. The van der Waals surface area contributed by atoms with Gasteiger partial charge < -0.3 is 5.73 Å². The third kappa shape index (κ3) is 2.26. The van der Waals surface area contributed by atoms with Crippen molar-refractivity contribution in [3.63, 3.8) is 0 Å². The molecule has 1 heterocycles. The van der Waals surface area contributed by atoms with Crippen molar-refractivity contribution in [2.45, 2.75) is 25.8 Å². The fraction of sp³-hybridized carbons (Fsp3) is 0.308. The monoisotopic (exact) mass is 262 g/mol. The highest BCUT2D eigenvalue weighted by atomic mass is 32.1. The van der Waals surface area contributed by atoms with Gasteiger partial charge in [-0.05, 0) is 18.6 Å². The zero-order chi connectivity index (χ0) is 13.3. The summed E-state index contributed by atoms with van der Waals surface area (Å²) in [5.74, 6) is -0.451. The van der Waals surface area contributed by atoms with Gasteiger partial charge in [0.1, 0.15) is 0 Å². The quantitative estimate of drug-likeness (QED) is 0.658. The highest BCUT2D eigenvalue weighted by Crippen LogP contribution is 2.22. The number of rotatable bonds is 3. The molecule has 1 atom stereocenters. The van der Waals surface area contributed by atoms with Crippen LogP contribution in [-0.2, 0) is 11.2 Å². The maximum atomic E-state index is 12.3. The van der Waals surface area contributed by atoms with Crippen LogP contribution in [0.4, 0.5) is 0 Å². The van der Waals surface area contributed by atoms with E-state index in [4.69, 9.17) is 18.0 Å². The van der Waals surface area contributed by atoms with Gasteiger partial charge in [0.2, 0.25) is 5.91 Å². The maximum Gasteiger partial charge on any atom is 0.261 e. The summed E-state index contributed by atoms with van der Waals surface area (Å²) < 4.78 is 0. The van der Waals surface area contributed by atoms with E-state index in [1.165, 1.54) is 4.90 Å². The highest BCUT2D eigenvalue weighted by Gasteiger charge is 2.33. The van der Waals surface area contributed by atoms with Crippen molar-refractivity contribution in [2.75, 3.05) is 0 Å². The second kappa shape index (κ2) is 4.86. The number of nitrogens with two attached hydrogens (primary N) is 1. The molecular formula is C13H14N2O2S. The van der Waals surface area contributed by atoms with Crippen LogP contribution >= 0.6 is 12.2 Å². The first-order chi connectivity index (χ1) is 8.50. The number of benzene rings is 1. The third-order valence-electron chi connectivity index (χ3n) is 3.01. The van der Waals surface area contributed by atoms with Gasteiger partial charge >= 0.3 is 0 Å². The Morgan fingerprint density at radius 2 is 2.11 bits per heavy atom. The van der Waals surface area contributed by atoms with Crippen molar-refractivity contribution in [3.05, 3.63) is 35.4 Å². The van der Waals surface area contributed by atoms with Crippen LogP contribution in [0.15, 0.2) is 24.3 Å². The van der Waals surface area contributed by atoms with Crippen molar-refractivity contribution in [1.29, 1.82) is 0 Å². The molecule has 0 bridgehead atoms. The Morgan fingerprint density at radius 3 is 2.78 bits per heavy atom. The molecule has 2 rings (SSSR count). The van der Waals surface area contributed by atoms with Crippen LogP contribution in [0.2, 0.25) is 0 Å². The van der Waals surface area contributed by atoms with E-state index in [9.17, 15) is 9.59 Å². The number of imide groups is 1. The van der Waals surface area contributed by atoms with Crippen LogP contribution < -0.4 is 5.73 Å². The standard InChI is InChI=1S/C13H14N2O2S/c1-8(6-11(14)18)15-12(16)7-9-4-2-3-5-10(9)13(15)17/h2-5,8H,6-7H2,1H3,(H2,14,18). The second-order valence-electron chi connectivity index (χ2n) is 4.42. The molecule has 1 aromatic carbocycles. The minimum absolute atomic E-state index is 0.192. The number of hydrogen-bond acceptors (Lipinski definition) is 3. The molecule has 1 aromatic rings. The van der Waals surface area contributed by atoms with Crippen molar-refractivity contribution >= 4 is 29.0 Å². The van der Waals surface area contributed by atoms with Gasteiger partial charge in [-0.25, -0.2) is 0 Å². The first-order valence-electron chi connectivity index (χ1n) is 5.73. The summed E-state index contributed by atoms with van der Waals surface area (Å²) in [6, 6.07) is 6.87. The summed E-state index contributed by atoms with van der Waals surface area (Å²) in [7, 11) is 0. The first kappa shape index (κ1) is 12.7. The van der Waals surface area contributed by atoms with Crippen LogP contribution in [0.3, 0.4) is 0 Å². The van der Waals surface area contributed by atoms with Crippen molar-refractivity contribution in [1.82, 2.24) is 4.90 Å². The number of fused-ring (bicyclic) bond motifs is 1. The third-order valence-corrected chi connectivity index (χ3v) is 3.18. The summed E-state index contributed by atoms with van der Waals surface area (Å²) in [4.78, 5) is 25.9. The SMILES string of the molecule is CC(CC(N)=S)N1C(=O)Cc2ccccc2C1=O. The lowest BCUT2D eigenvalue weighted by Crippen LogP contribution is -2.48. The lowest BCUT2D eigenvalue weighted by molar-refractivity contribution is -0.129. The van der Waals surface area contributed by atoms with Gasteiger partial charge in [0.05, 0.1) is 11.4 Å². The molecule has 0 saturated carbocycles. The topological polar surface area (TPSA) is 63.4 Å². The Balaban J connectivity index is 2.32. The van der Waals surface area contributed by atoms with E-state index in [0.29, 0.717) is 17.0 Å². The molecule has 94 valence electrons. The molecule has 1 aliphatic heterocycles. The molecule has 0 aromatic heterocycles. The lowest BCUT2D eigenvalue weighted by Gasteiger charge is -2.31. The molecule has 0 fully saturated rings. The van der Waals surface area contributed by atoms with Gasteiger partial charge in [-0.2, -0.15) is 0 Å². The number of amides is 2. The summed E-state index contributed by atoms with van der Waals surface area (Å²) in [5, 5.41) is 0. The molecule has 2 N–H and O–H groups in total. The average Bonchev–Trinajstić information content (AvgIpc) is 2.27. The van der Waals surface area contributed by atoms with E-state index in [1.54, 1.807) is 25.1 Å². The predicted octanol–water partition coefficient (Wildman–Crippen LogP) is 1.28. The Morgan fingerprint density at radius 1 is 1.44 bits per heavy atom. The van der Waals surface area contributed by atoms with Crippen molar-refractivity contribution in [2.24, 2.45) is 5.73 Å². The Kier molecular flexibility index (Phi) is 3.43. The Bertz CT molecular complexity index is 527. The van der Waals surface area contributed by atoms with Gasteiger partial charge in [-0.15, -0.1) is 0 Å². The van der Waals surface area contributed by atoms with Gasteiger partial charge in [0.25, 0.3) is 5.91 Å². The summed E-state index contributed by atoms with van der Waals surface area (Å²) in [5.41, 5.74) is 6.84. The molecule has 5 heteroatoms. The minimum Gasteiger partial charge on any atom is -0.393 e. The van der Waals surface area contributed by atoms with E-state index in [0.717, 1.165) is 5.56 Å². The van der Waals surface area contributed by atoms with Crippen LogP contribution in [0.25, 0.3) is 0 Å². The minimum atomic E-state index is -0.296. The van der Waals surface area contributed by atoms with Crippen LogP contribution in [-0.4, -0.2) is 27.7 Å². The van der Waals surface area contributed by atoms with E-state index >= 15 is 0 Å². The van der Waals surface area contributed by atoms with Crippen molar-refractivity contribution in [3.8, 4) is 0 Å². The zero-order valence-electron chi connectivity index (χ0n) is 10.1. The Labute approximate surface area is 111 Å². The van der Waals surface area contributed by atoms with Gasteiger partial charge in [0.15, 0.2) is 0 Å². The molecule has 0 saturated heterocycles. The number of nitrogens with zero attached hydrogens (tertiary/aromatic N) is 1. The van der Waals surface area contributed by atoms with Gasteiger partial charge in [0, 0.05) is 18.0 Å². The molecule has 2 amide bonds. The van der Waals surface area contributed by atoms with E-state index in [1.807, 2.05) is 6.07 Å². The molecule has 18 heavy (non-hydrogen) atoms. The number of thiocarbonyl (C=S) groups is 1. The van der Waals surface area contributed by atoms with Crippen LogP contribution in [0, 0.1) is 0 Å². The van der Waals surface area contributed by atoms with Crippen LogP contribution in [0.5, 0.6) is 0 Å². The molecule has 0 radical (unpaired) electrons. The fourth-order valence-electron chi connectivity index (χ4n) is 2.20. The summed E-state index contributed by atoms with van der Waals surface area (Å²) >= 11 is 4.82. The Hall–Kier alpha value is -1.75. The lowest BCUT2D eigenvalue weighted by atomic mass is 9.97. The normalized spacial score (nSPS) is 16.4. The average molecular weight is 262 g/mol. The van der Waals surface area contributed by atoms with E-state index < -0.39 is 0 Å². The summed E-state index contributed by atoms with van der Waals surface area (Å²) in [6.07, 6.45) is 0.610. The molecule has 1 aliphatic rings. The second-order valence-corrected chi connectivity index (χ2v) is 4.95. The molecule has 0 aliphatic carbocycles. The van der Waals surface area contributed by atoms with Crippen LogP contribution in [0.1, 0.15) is 29.3 Å². The van der Waals surface area contributed by atoms with Gasteiger partial charge in [-0.1, -0.05) is 30.4 Å². The number of carbonyl (C=O) groups is 2. The highest BCUT2D eigenvalue weighted by molar-refractivity contribution is 7.80. The summed E-state index contributed by atoms with van der Waals surface area (Å²) in [6.45, 7) is 1.78. The number of carbonyl (C=O) groups excluding carboxylic acids is 2. The predicted molar refractivity (Wildman–Crippen MR) is 72.2 cm³/mol. The molecule has 4 nitrogen and oxygen atoms in total. The molecule has 1 unspecified atom stereocenters. The number of hydrogen-bond donors (Lipinski definition) is 1. The van der Waals surface area contributed by atoms with Gasteiger partial charge in [-0.3, -0.25) is 14.5 Å².